The van der Waals surface area contributed by atoms with Crippen LogP contribution in [0.3, 0.4) is 0 Å². The van der Waals surface area contributed by atoms with E-state index in [9.17, 15) is 27.9 Å². The summed E-state index contributed by atoms with van der Waals surface area (Å²) < 4.78 is 40.2. The molecule has 8 heteroatoms. The largest absolute Gasteiger partial charge is 0.573 e. The van der Waals surface area contributed by atoms with E-state index in [0.717, 1.165) is 12.1 Å². The number of benzene rings is 2. The fourth-order valence-electron chi connectivity index (χ4n) is 2.44. The maximum absolute atomic E-state index is 12.1. The Kier molecular flexibility index (Phi) is 6.09. The highest BCUT2D eigenvalue weighted by molar-refractivity contribution is 5.84. The summed E-state index contributed by atoms with van der Waals surface area (Å²) in [4.78, 5) is 23.8. The van der Waals surface area contributed by atoms with Crippen LogP contribution < -0.4 is 10.1 Å². The number of carboxylic acids is 1. The van der Waals surface area contributed by atoms with Gasteiger partial charge in [0.2, 0.25) is 5.91 Å². The molecule has 0 aromatic heterocycles. The zero-order valence-electron chi connectivity index (χ0n) is 14.4. The molecule has 144 valence electrons. The molecule has 1 amide bonds. The summed E-state index contributed by atoms with van der Waals surface area (Å²) in [6.45, 7) is 1.38. The summed E-state index contributed by atoms with van der Waals surface area (Å²) in [6.07, 6.45) is -4.88. The summed E-state index contributed by atoms with van der Waals surface area (Å²) in [5.41, 5.74) is -0.286. The predicted molar refractivity (Wildman–Crippen MR) is 91.3 cm³/mol. The van der Waals surface area contributed by atoms with E-state index >= 15 is 0 Å². The number of ether oxygens (including phenoxy) is 1. The number of nitrogens with one attached hydrogen (secondary N) is 1. The average Bonchev–Trinajstić information content (AvgIpc) is 2.60. The molecule has 2 aromatic carbocycles. The summed E-state index contributed by atoms with van der Waals surface area (Å²) in [7, 11) is 0. The Hall–Kier alpha value is -3.03. The molecule has 0 bridgehead atoms. The van der Waals surface area contributed by atoms with E-state index in [2.05, 4.69) is 10.1 Å². The van der Waals surface area contributed by atoms with Crippen LogP contribution in [0.15, 0.2) is 54.6 Å². The van der Waals surface area contributed by atoms with Gasteiger partial charge >= 0.3 is 12.3 Å². The van der Waals surface area contributed by atoms with Crippen LogP contribution in [0.2, 0.25) is 0 Å². The van der Waals surface area contributed by atoms with Gasteiger partial charge in [-0.05, 0) is 30.2 Å². The van der Waals surface area contributed by atoms with Crippen molar-refractivity contribution in [3.63, 3.8) is 0 Å². The molecule has 2 rings (SSSR count). The molecule has 0 aliphatic rings. The molecule has 1 atom stereocenters. The van der Waals surface area contributed by atoms with Gasteiger partial charge in [-0.25, -0.2) is 0 Å². The molecule has 0 saturated heterocycles. The lowest BCUT2D eigenvalue weighted by Gasteiger charge is -2.25. The van der Waals surface area contributed by atoms with Crippen LogP contribution in [0.25, 0.3) is 0 Å². The molecule has 1 unspecified atom stereocenters. The Bertz CT molecular complexity index is 791. The van der Waals surface area contributed by atoms with Gasteiger partial charge in [-0.2, -0.15) is 0 Å². The van der Waals surface area contributed by atoms with E-state index in [1.165, 1.54) is 19.1 Å². The predicted octanol–water partition coefficient (Wildman–Crippen LogP) is 3.29. The number of amides is 1. The molecule has 0 spiro atoms. The third kappa shape index (κ3) is 5.73. The summed E-state index contributed by atoms with van der Waals surface area (Å²) in [5, 5.41) is 12.1. The monoisotopic (exact) mass is 381 g/mol. The Balaban J connectivity index is 1.98. The first-order chi connectivity index (χ1) is 12.6. The van der Waals surface area contributed by atoms with Crippen molar-refractivity contribution in [1.82, 2.24) is 5.32 Å². The second-order valence-corrected chi connectivity index (χ2v) is 6.15. The summed E-state index contributed by atoms with van der Waals surface area (Å²) >= 11 is 0. The molecule has 0 radical (unpaired) electrons. The van der Waals surface area contributed by atoms with Crippen LogP contribution in [-0.2, 0) is 21.4 Å². The van der Waals surface area contributed by atoms with Crippen LogP contribution >= 0.6 is 0 Å². The van der Waals surface area contributed by atoms with E-state index in [1.807, 2.05) is 0 Å². The van der Waals surface area contributed by atoms with Crippen molar-refractivity contribution in [1.29, 1.82) is 0 Å². The first-order valence-electron chi connectivity index (χ1n) is 8.00. The van der Waals surface area contributed by atoms with Crippen LogP contribution in [-0.4, -0.2) is 29.9 Å². The fourth-order valence-corrected chi connectivity index (χ4v) is 2.44. The quantitative estimate of drug-likeness (QED) is 0.772. The normalized spacial score (nSPS) is 13.5. The SMILES string of the molecule is CC(CNC(=O)Cc1ccc(OC(F)(F)F)cc1)(C(=O)O)c1ccccc1. The van der Waals surface area contributed by atoms with Gasteiger partial charge in [0.05, 0.1) is 6.42 Å². The Morgan fingerprint density at radius 3 is 2.15 bits per heavy atom. The smallest absolute Gasteiger partial charge is 0.481 e. The van der Waals surface area contributed by atoms with Crippen LogP contribution in [0, 0.1) is 0 Å². The highest BCUT2D eigenvalue weighted by atomic mass is 19.4. The molecular weight excluding hydrogens is 363 g/mol. The van der Waals surface area contributed by atoms with Gasteiger partial charge in [0.25, 0.3) is 0 Å². The number of rotatable bonds is 7. The van der Waals surface area contributed by atoms with Crippen LogP contribution in [0.5, 0.6) is 5.75 Å². The molecule has 0 aliphatic heterocycles. The highest BCUT2D eigenvalue weighted by Gasteiger charge is 2.35. The topological polar surface area (TPSA) is 75.6 Å². The third-order valence-electron chi connectivity index (χ3n) is 4.04. The van der Waals surface area contributed by atoms with Crippen LogP contribution in [0.4, 0.5) is 13.2 Å². The molecule has 2 N–H and O–H groups in total. The molecule has 0 aliphatic carbocycles. The van der Waals surface area contributed by atoms with E-state index < -0.39 is 23.7 Å². The number of alkyl halides is 3. The number of hydrogen-bond acceptors (Lipinski definition) is 3. The van der Waals surface area contributed by atoms with Crippen molar-refractivity contribution < 1.29 is 32.6 Å². The minimum atomic E-state index is -4.78. The number of carboxylic acid groups (broad SMARTS) is 1. The number of hydrogen-bond donors (Lipinski definition) is 2. The Labute approximate surface area is 153 Å². The second kappa shape index (κ2) is 8.11. The van der Waals surface area contributed by atoms with Crippen molar-refractivity contribution in [3.8, 4) is 5.75 Å². The summed E-state index contributed by atoms with van der Waals surface area (Å²) in [6, 6.07) is 13.4. The number of aliphatic carboxylic acids is 1. The Morgan fingerprint density at radius 1 is 1.04 bits per heavy atom. The van der Waals surface area contributed by atoms with Crippen molar-refractivity contribution in [2.45, 2.75) is 25.1 Å². The third-order valence-corrected chi connectivity index (χ3v) is 4.04. The zero-order valence-corrected chi connectivity index (χ0v) is 14.4. The van der Waals surface area contributed by atoms with E-state index in [0.29, 0.717) is 11.1 Å². The number of carbonyl (C=O) groups excluding carboxylic acids is 1. The van der Waals surface area contributed by atoms with E-state index in [-0.39, 0.29) is 18.7 Å². The van der Waals surface area contributed by atoms with Gasteiger partial charge < -0.3 is 15.2 Å². The highest BCUT2D eigenvalue weighted by Crippen LogP contribution is 2.24. The van der Waals surface area contributed by atoms with Gasteiger partial charge in [-0.1, -0.05) is 42.5 Å². The lowest BCUT2D eigenvalue weighted by molar-refractivity contribution is -0.274. The lowest BCUT2D eigenvalue weighted by atomic mass is 9.82. The van der Waals surface area contributed by atoms with Crippen LogP contribution in [0.1, 0.15) is 18.1 Å². The van der Waals surface area contributed by atoms with Gasteiger partial charge in [0.15, 0.2) is 0 Å². The number of halogens is 3. The number of carbonyl (C=O) groups is 2. The second-order valence-electron chi connectivity index (χ2n) is 6.15. The maximum Gasteiger partial charge on any atom is 0.573 e. The molecule has 0 saturated carbocycles. The zero-order chi connectivity index (χ0) is 20.1. The van der Waals surface area contributed by atoms with Crippen molar-refractivity contribution in [2.24, 2.45) is 0 Å². The molecule has 0 fully saturated rings. The van der Waals surface area contributed by atoms with Gasteiger partial charge in [0.1, 0.15) is 11.2 Å². The minimum absolute atomic E-state index is 0.100. The lowest BCUT2D eigenvalue weighted by Crippen LogP contribution is -2.44. The van der Waals surface area contributed by atoms with Crippen molar-refractivity contribution >= 4 is 11.9 Å². The minimum Gasteiger partial charge on any atom is -0.481 e. The molecule has 5 nitrogen and oxygen atoms in total. The fraction of sp³-hybridized carbons (Fsp3) is 0.263. The Morgan fingerprint density at radius 2 is 1.63 bits per heavy atom. The van der Waals surface area contributed by atoms with Gasteiger partial charge in [-0.15, -0.1) is 13.2 Å². The van der Waals surface area contributed by atoms with E-state index in [4.69, 9.17) is 0 Å². The maximum atomic E-state index is 12.1. The van der Waals surface area contributed by atoms with Gasteiger partial charge in [-0.3, -0.25) is 9.59 Å². The first kappa shape index (κ1) is 20.3. The van der Waals surface area contributed by atoms with Crippen molar-refractivity contribution in [3.05, 3.63) is 65.7 Å². The van der Waals surface area contributed by atoms with Gasteiger partial charge in [0, 0.05) is 6.54 Å². The first-order valence-corrected chi connectivity index (χ1v) is 8.00. The van der Waals surface area contributed by atoms with E-state index in [1.54, 1.807) is 30.3 Å². The average molecular weight is 381 g/mol. The standard InChI is InChI=1S/C19H18F3NO4/c1-18(17(25)26,14-5-3-2-4-6-14)12-23-16(24)11-13-7-9-15(10-8-13)27-19(20,21)22/h2-10H,11-12H2,1H3,(H,23,24)(H,25,26). The molecule has 27 heavy (non-hydrogen) atoms. The molecular formula is C19H18F3NO4. The molecule has 0 heterocycles. The molecule has 2 aromatic rings. The summed E-state index contributed by atoms with van der Waals surface area (Å²) in [5.74, 6) is -1.90. The van der Waals surface area contributed by atoms with Crippen molar-refractivity contribution in [2.75, 3.05) is 6.54 Å².